The third-order valence-corrected chi connectivity index (χ3v) is 5.72. The molecule has 2 aromatic rings. The smallest absolute Gasteiger partial charge is 0.334 e. The SMILES string of the molecule is CCOP(=O)(OCC)[C@H](NC(=O)c1ccc(F)cc1)c1ccccc1. The molecule has 0 bridgehead atoms. The van der Waals surface area contributed by atoms with E-state index in [0.717, 1.165) is 0 Å². The molecule has 1 amide bonds. The van der Waals surface area contributed by atoms with E-state index >= 15 is 0 Å². The summed E-state index contributed by atoms with van der Waals surface area (Å²) in [6.45, 7) is 3.76. The molecule has 0 fully saturated rings. The molecule has 0 saturated carbocycles. The fraction of sp³-hybridized carbons (Fsp3) is 0.278. The first-order chi connectivity index (χ1) is 12.0. The molecule has 0 aliphatic rings. The van der Waals surface area contributed by atoms with Crippen molar-refractivity contribution in [1.82, 2.24) is 5.32 Å². The van der Waals surface area contributed by atoms with Gasteiger partial charge in [-0.25, -0.2) is 4.39 Å². The molecule has 0 spiro atoms. The average Bonchev–Trinajstić information content (AvgIpc) is 2.61. The maximum atomic E-state index is 13.2. The van der Waals surface area contributed by atoms with E-state index in [9.17, 15) is 13.8 Å². The molecular weight excluding hydrogens is 344 g/mol. The summed E-state index contributed by atoms with van der Waals surface area (Å²) in [7, 11) is -3.64. The lowest BCUT2D eigenvalue weighted by atomic mass is 10.2. The summed E-state index contributed by atoms with van der Waals surface area (Å²) in [4.78, 5) is 12.5. The molecule has 2 rings (SSSR count). The van der Waals surface area contributed by atoms with Crippen molar-refractivity contribution in [2.75, 3.05) is 13.2 Å². The van der Waals surface area contributed by atoms with Crippen LogP contribution in [0.15, 0.2) is 54.6 Å². The zero-order chi connectivity index (χ0) is 18.3. The highest BCUT2D eigenvalue weighted by Crippen LogP contribution is 2.59. The number of carbonyl (C=O) groups excluding carboxylic acids is 1. The van der Waals surface area contributed by atoms with Crippen LogP contribution in [0.1, 0.15) is 35.6 Å². The van der Waals surface area contributed by atoms with Crippen LogP contribution >= 0.6 is 7.60 Å². The average molecular weight is 365 g/mol. The largest absolute Gasteiger partial charge is 0.357 e. The first-order valence-corrected chi connectivity index (χ1v) is 9.61. The van der Waals surface area contributed by atoms with Crippen LogP contribution in [-0.4, -0.2) is 19.1 Å². The van der Waals surface area contributed by atoms with E-state index in [1.54, 1.807) is 38.1 Å². The van der Waals surface area contributed by atoms with Crippen molar-refractivity contribution in [2.24, 2.45) is 0 Å². The fourth-order valence-electron chi connectivity index (χ4n) is 2.34. The van der Waals surface area contributed by atoms with Crippen molar-refractivity contribution >= 4 is 13.5 Å². The van der Waals surface area contributed by atoms with E-state index in [2.05, 4.69) is 5.32 Å². The summed E-state index contributed by atoms with van der Waals surface area (Å²) >= 11 is 0. The van der Waals surface area contributed by atoms with Crippen molar-refractivity contribution in [3.05, 3.63) is 71.5 Å². The first kappa shape index (κ1) is 19.3. The minimum atomic E-state index is -3.64. The minimum absolute atomic E-state index is 0.174. The molecule has 0 saturated heterocycles. The monoisotopic (exact) mass is 365 g/mol. The minimum Gasteiger partial charge on any atom is -0.334 e. The lowest BCUT2D eigenvalue weighted by Crippen LogP contribution is -2.29. The zero-order valence-electron chi connectivity index (χ0n) is 14.1. The number of hydrogen-bond acceptors (Lipinski definition) is 4. The topological polar surface area (TPSA) is 64.6 Å². The first-order valence-electron chi connectivity index (χ1n) is 8.00. The number of amides is 1. The highest BCUT2D eigenvalue weighted by Gasteiger charge is 2.38. The second-order valence-electron chi connectivity index (χ2n) is 5.17. The van der Waals surface area contributed by atoms with Gasteiger partial charge in [0.2, 0.25) is 0 Å². The van der Waals surface area contributed by atoms with Gasteiger partial charge in [-0.2, -0.15) is 0 Å². The summed E-state index contributed by atoms with van der Waals surface area (Å²) in [6.07, 6.45) is 0. The van der Waals surface area contributed by atoms with Crippen LogP contribution in [0.25, 0.3) is 0 Å². The quantitative estimate of drug-likeness (QED) is 0.699. The number of benzene rings is 2. The van der Waals surface area contributed by atoms with Gasteiger partial charge in [-0.05, 0) is 43.7 Å². The summed E-state index contributed by atoms with van der Waals surface area (Å²) < 4.78 is 37.1. The summed E-state index contributed by atoms with van der Waals surface area (Å²) in [5.74, 6) is -1.90. The predicted octanol–water partition coefficient (Wildman–Crippen LogP) is 4.52. The predicted molar refractivity (Wildman–Crippen MR) is 93.9 cm³/mol. The zero-order valence-corrected chi connectivity index (χ0v) is 15.0. The number of carbonyl (C=O) groups is 1. The molecule has 0 aliphatic carbocycles. The molecule has 5 nitrogen and oxygen atoms in total. The van der Waals surface area contributed by atoms with Gasteiger partial charge in [-0.3, -0.25) is 9.36 Å². The molecule has 7 heteroatoms. The lowest BCUT2D eigenvalue weighted by Gasteiger charge is -2.27. The Morgan fingerprint density at radius 3 is 2.12 bits per heavy atom. The van der Waals surface area contributed by atoms with E-state index < -0.39 is 25.1 Å². The Labute approximate surface area is 146 Å². The van der Waals surface area contributed by atoms with Gasteiger partial charge < -0.3 is 14.4 Å². The Bertz CT molecular complexity index is 727. The summed E-state index contributed by atoms with van der Waals surface area (Å²) in [6, 6.07) is 13.9. The molecule has 0 aliphatic heterocycles. The van der Waals surface area contributed by atoms with Crippen LogP contribution in [0.5, 0.6) is 0 Å². The van der Waals surface area contributed by atoms with Crippen LogP contribution in [-0.2, 0) is 13.6 Å². The third-order valence-electron chi connectivity index (χ3n) is 3.42. The van der Waals surface area contributed by atoms with Gasteiger partial charge in [0.25, 0.3) is 5.91 Å². The van der Waals surface area contributed by atoms with Gasteiger partial charge >= 0.3 is 7.60 Å². The molecule has 2 aromatic carbocycles. The van der Waals surface area contributed by atoms with E-state index in [0.29, 0.717) is 5.56 Å². The number of nitrogens with one attached hydrogen (secondary N) is 1. The van der Waals surface area contributed by atoms with Crippen LogP contribution in [0.2, 0.25) is 0 Å². The Kier molecular flexibility index (Phi) is 6.88. The maximum absolute atomic E-state index is 13.2. The molecule has 134 valence electrons. The molecule has 1 N–H and O–H groups in total. The molecule has 0 aromatic heterocycles. The van der Waals surface area contributed by atoms with Gasteiger partial charge in [0.1, 0.15) is 5.82 Å². The molecule has 0 unspecified atom stereocenters. The van der Waals surface area contributed by atoms with E-state index in [1.165, 1.54) is 24.3 Å². The fourth-order valence-corrected chi connectivity index (χ4v) is 4.24. The number of hydrogen-bond donors (Lipinski definition) is 1. The molecule has 0 heterocycles. The van der Waals surface area contributed by atoms with Crippen LogP contribution in [0.4, 0.5) is 4.39 Å². The van der Waals surface area contributed by atoms with Gasteiger partial charge in [0, 0.05) is 5.56 Å². The van der Waals surface area contributed by atoms with Crippen molar-refractivity contribution in [2.45, 2.75) is 19.6 Å². The van der Waals surface area contributed by atoms with Crippen molar-refractivity contribution < 1.29 is 22.8 Å². The van der Waals surface area contributed by atoms with Crippen molar-refractivity contribution in [3.63, 3.8) is 0 Å². The maximum Gasteiger partial charge on any atom is 0.357 e. The van der Waals surface area contributed by atoms with Crippen LogP contribution in [0, 0.1) is 5.82 Å². The second kappa shape index (κ2) is 8.90. The van der Waals surface area contributed by atoms with Gasteiger partial charge in [0.15, 0.2) is 5.78 Å². The highest BCUT2D eigenvalue weighted by molar-refractivity contribution is 7.54. The third kappa shape index (κ3) is 4.98. The Morgan fingerprint density at radius 1 is 1.04 bits per heavy atom. The Balaban J connectivity index is 2.36. The Hall–Kier alpha value is -2.01. The standard InChI is InChI=1S/C18H21FNO4P/c1-3-23-25(22,24-4-2)18(15-8-6-5-7-9-15)20-17(21)14-10-12-16(19)13-11-14/h5-13,18H,3-4H2,1-2H3,(H,20,21)/t18-/m0/s1. The number of rotatable bonds is 8. The highest BCUT2D eigenvalue weighted by atomic mass is 31.2. The molecular formula is C18H21FNO4P. The van der Waals surface area contributed by atoms with Crippen LogP contribution < -0.4 is 5.32 Å². The van der Waals surface area contributed by atoms with Gasteiger partial charge in [-0.1, -0.05) is 30.3 Å². The molecule has 25 heavy (non-hydrogen) atoms. The van der Waals surface area contributed by atoms with Crippen LogP contribution in [0.3, 0.4) is 0 Å². The van der Waals surface area contributed by atoms with E-state index in [1.807, 2.05) is 6.07 Å². The Morgan fingerprint density at radius 2 is 1.60 bits per heavy atom. The lowest BCUT2D eigenvalue weighted by molar-refractivity contribution is 0.0937. The van der Waals surface area contributed by atoms with E-state index in [-0.39, 0.29) is 18.8 Å². The van der Waals surface area contributed by atoms with Crippen molar-refractivity contribution in [3.8, 4) is 0 Å². The summed E-state index contributed by atoms with van der Waals surface area (Å²) in [5.41, 5.74) is 0.852. The molecule has 1 atom stereocenters. The normalized spacial score (nSPS) is 12.6. The second-order valence-corrected chi connectivity index (χ2v) is 7.28. The van der Waals surface area contributed by atoms with Gasteiger partial charge in [-0.15, -0.1) is 0 Å². The van der Waals surface area contributed by atoms with E-state index in [4.69, 9.17) is 9.05 Å². The van der Waals surface area contributed by atoms with Gasteiger partial charge in [0.05, 0.1) is 13.2 Å². The summed E-state index contributed by atoms with van der Waals surface area (Å²) in [5, 5.41) is 2.70. The van der Waals surface area contributed by atoms with Crippen molar-refractivity contribution in [1.29, 1.82) is 0 Å². The number of halogens is 1. The molecule has 0 radical (unpaired) electrons.